The van der Waals surface area contributed by atoms with Gasteiger partial charge < -0.3 is 10.5 Å². The normalized spacial score (nSPS) is 23.2. The molecular weight excluding hydrogens is 138 g/mol. The van der Waals surface area contributed by atoms with Crippen LogP contribution >= 0.6 is 0 Å². The minimum atomic E-state index is 0.292. The van der Waals surface area contributed by atoms with Crippen molar-refractivity contribution in [1.29, 1.82) is 0 Å². The third kappa shape index (κ3) is 2.46. The first kappa shape index (κ1) is 9.01. The first-order valence-electron chi connectivity index (χ1n) is 4.58. The van der Waals surface area contributed by atoms with Crippen LogP contribution in [-0.2, 0) is 4.74 Å². The highest BCUT2D eigenvalue weighted by Gasteiger charge is 2.33. The summed E-state index contributed by atoms with van der Waals surface area (Å²) in [6.07, 6.45) is 5.19. The first-order chi connectivity index (χ1) is 5.29. The summed E-state index contributed by atoms with van der Waals surface area (Å²) in [5.74, 6) is 0.756. The zero-order valence-corrected chi connectivity index (χ0v) is 7.55. The van der Waals surface area contributed by atoms with Crippen molar-refractivity contribution in [3.63, 3.8) is 0 Å². The van der Waals surface area contributed by atoms with E-state index in [1.165, 1.54) is 19.3 Å². The van der Waals surface area contributed by atoms with Crippen LogP contribution in [0.25, 0.3) is 0 Å². The van der Waals surface area contributed by atoms with Crippen LogP contribution in [0.4, 0.5) is 0 Å². The lowest BCUT2D eigenvalue weighted by Gasteiger charge is -2.21. The lowest BCUT2D eigenvalue weighted by molar-refractivity contribution is 0.0665. The highest BCUT2D eigenvalue weighted by Crippen LogP contribution is 2.34. The molecule has 0 aromatic rings. The van der Waals surface area contributed by atoms with Gasteiger partial charge in [0.15, 0.2) is 0 Å². The van der Waals surface area contributed by atoms with Gasteiger partial charge in [0.1, 0.15) is 0 Å². The molecular formula is C9H19NO. The third-order valence-electron chi connectivity index (χ3n) is 2.47. The smallest absolute Gasteiger partial charge is 0.0724 e. The van der Waals surface area contributed by atoms with Crippen molar-refractivity contribution in [2.24, 2.45) is 11.7 Å². The molecule has 1 aliphatic rings. The van der Waals surface area contributed by atoms with E-state index in [2.05, 4.69) is 6.92 Å². The van der Waals surface area contributed by atoms with E-state index in [4.69, 9.17) is 10.5 Å². The molecule has 11 heavy (non-hydrogen) atoms. The van der Waals surface area contributed by atoms with Crippen LogP contribution in [-0.4, -0.2) is 19.3 Å². The van der Waals surface area contributed by atoms with Crippen LogP contribution in [0.5, 0.6) is 0 Å². The van der Waals surface area contributed by atoms with Gasteiger partial charge in [0.05, 0.1) is 6.10 Å². The van der Waals surface area contributed by atoms with E-state index in [0.717, 1.165) is 12.3 Å². The summed E-state index contributed by atoms with van der Waals surface area (Å²) in [4.78, 5) is 0. The van der Waals surface area contributed by atoms with Gasteiger partial charge in [-0.1, -0.05) is 13.3 Å². The molecule has 1 fully saturated rings. The summed E-state index contributed by atoms with van der Waals surface area (Å²) >= 11 is 0. The number of ether oxygens (including phenoxy) is 1. The SMILES string of the molecule is CCCC(OC)C(N)C1CC1. The Morgan fingerprint density at radius 3 is 2.55 bits per heavy atom. The average molecular weight is 157 g/mol. The molecule has 0 heterocycles. The molecule has 2 nitrogen and oxygen atoms in total. The summed E-state index contributed by atoms with van der Waals surface area (Å²) in [5.41, 5.74) is 5.99. The molecule has 0 radical (unpaired) electrons. The lowest BCUT2D eigenvalue weighted by atomic mass is 10.0. The molecule has 1 rings (SSSR count). The number of hydrogen-bond acceptors (Lipinski definition) is 2. The fraction of sp³-hybridized carbons (Fsp3) is 1.00. The van der Waals surface area contributed by atoms with E-state index in [1.807, 2.05) is 0 Å². The van der Waals surface area contributed by atoms with Gasteiger partial charge in [0.25, 0.3) is 0 Å². The maximum atomic E-state index is 5.99. The van der Waals surface area contributed by atoms with Gasteiger partial charge in [0.2, 0.25) is 0 Å². The second-order valence-electron chi connectivity index (χ2n) is 3.48. The predicted octanol–water partition coefficient (Wildman–Crippen LogP) is 1.54. The molecule has 0 spiro atoms. The fourth-order valence-corrected chi connectivity index (χ4v) is 1.54. The average Bonchev–Trinajstić information content (AvgIpc) is 2.81. The first-order valence-corrected chi connectivity index (χ1v) is 4.58. The Morgan fingerprint density at radius 2 is 2.18 bits per heavy atom. The predicted molar refractivity (Wildman–Crippen MR) is 46.4 cm³/mol. The van der Waals surface area contributed by atoms with Crippen LogP contribution < -0.4 is 5.73 Å². The maximum Gasteiger partial charge on any atom is 0.0724 e. The van der Waals surface area contributed by atoms with Gasteiger partial charge in [-0.15, -0.1) is 0 Å². The van der Waals surface area contributed by atoms with Crippen molar-refractivity contribution < 1.29 is 4.74 Å². The minimum absolute atomic E-state index is 0.292. The van der Waals surface area contributed by atoms with Gasteiger partial charge in [-0.3, -0.25) is 0 Å². The minimum Gasteiger partial charge on any atom is -0.380 e. The lowest BCUT2D eigenvalue weighted by Crippen LogP contribution is -2.37. The van der Waals surface area contributed by atoms with E-state index in [-0.39, 0.29) is 0 Å². The van der Waals surface area contributed by atoms with Gasteiger partial charge in [0, 0.05) is 13.2 Å². The number of methoxy groups -OCH3 is 1. The molecule has 0 aliphatic heterocycles. The molecule has 2 unspecified atom stereocenters. The molecule has 2 heteroatoms. The van der Waals surface area contributed by atoms with Crippen molar-refractivity contribution in [3.8, 4) is 0 Å². The largest absolute Gasteiger partial charge is 0.380 e. The molecule has 66 valence electrons. The van der Waals surface area contributed by atoms with Crippen LogP contribution in [0, 0.1) is 5.92 Å². The summed E-state index contributed by atoms with van der Waals surface area (Å²) in [7, 11) is 1.77. The second kappa shape index (κ2) is 4.07. The Bertz CT molecular complexity index is 112. The van der Waals surface area contributed by atoms with Crippen LogP contribution in [0.2, 0.25) is 0 Å². The number of rotatable bonds is 5. The second-order valence-corrected chi connectivity index (χ2v) is 3.48. The van der Waals surface area contributed by atoms with Crippen LogP contribution in [0.1, 0.15) is 32.6 Å². The standard InChI is InChI=1S/C9H19NO/c1-3-4-8(11-2)9(10)7-5-6-7/h7-9H,3-6,10H2,1-2H3. The molecule has 0 saturated heterocycles. The summed E-state index contributed by atoms with van der Waals surface area (Å²) in [5, 5.41) is 0. The van der Waals surface area contributed by atoms with Gasteiger partial charge in [-0.05, 0) is 25.2 Å². The van der Waals surface area contributed by atoms with E-state index < -0.39 is 0 Å². The van der Waals surface area contributed by atoms with Crippen molar-refractivity contribution in [1.82, 2.24) is 0 Å². The highest BCUT2D eigenvalue weighted by atomic mass is 16.5. The van der Waals surface area contributed by atoms with Crippen LogP contribution in [0.15, 0.2) is 0 Å². The number of hydrogen-bond donors (Lipinski definition) is 1. The molecule has 1 saturated carbocycles. The van der Waals surface area contributed by atoms with Crippen molar-refractivity contribution in [2.75, 3.05) is 7.11 Å². The Kier molecular flexibility index (Phi) is 3.34. The van der Waals surface area contributed by atoms with Gasteiger partial charge in [-0.2, -0.15) is 0 Å². The summed E-state index contributed by atoms with van der Waals surface area (Å²) in [6, 6.07) is 0.292. The zero-order valence-electron chi connectivity index (χ0n) is 7.55. The molecule has 1 aliphatic carbocycles. The Hall–Kier alpha value is -0.0800. The number of nitrogens with two attached hydrogens (primary N) is 1. The van der Waals surface area contributed by atoms with Crippen molar-refractivity contribution in [3.05, 3.63) is 0 Å². The van der Waals surface area contributed by atoms with Crippen molar-refractivity contribution in [2.45, 2.75) is 44.8 Å². The summed E-state index contributed by atoms with van der Waals surface area (Å²) < 4.78 is 5.33. The van der Waals surface area contributed by atoms with Gasteiger partial charge >= 0.3 is 0 Å². The van der Waals surface area contributed by atoms with E-state index in [9.17, 15) is 0 Å². The molecule has 0 aromatic carbocycles. The quantitative estimate of drug-likeness (QED) is 0.657. The van der Waals surface area contributed by atoms with Gasteiger partial charge in [-0.25, -0.2) is 0 Å². The zero-order chi connectivity index (χ0) is 8.27. The molecule has 2 atom stereocenters. The maximum absolute atomic E-state index is 5.99. The van der Waals surface area contributed by atoms with Crippen molar-refractivity contribution >= 4 is 0 Å². The Morgan fingerprint density at radius 1 is 1.55 bits per heavy atom. The topological polar surface area (TPSA) is 35.2 Å². The summed E-state index contributed by atoms with van der Waals surface area (Å²) in [6.45, 7) is 2.17. The third-order valence-corrected chi connectivity index (χ3v) is 2.47. The fourth-order valence-electron chi connectivity index (χ4n) is 1.54. The Labute approximate surface area is 69.1 Å². The Balaban J connectivity index is 2.26. The molecule has 0 amide bonds. The van der Waals surface area contributed by atoms with Crippen LogP contribution in [0.3, 0.4) is 0 Å². The molecule has 0 bridgehead atoms. The highest BCUT2D eigenvalue weighted by molar-refractivity contribution is 4.88. The molecule has 2 N–H and O–H groups in total. The molecule has 0 aromatic heterocycles. The van der Waals surface area contributed by atoms with E-state index >= 15 is 0 Å². The van der Waals surface area contributed by atoms with E-state index in [0.29, 0.717) is 12.1 Å². The van der Waals surface area contributed by atoms with E-state index in [1.54, 1.807) is 7.11 Å². The monoisotopic (exact) mass is 157 g/mol.